The molecule has 0 aliphatic rings. The van der Waals surface area contributed by atoms with Gasteiger partial charge < -0.3 is 4.74 Å². The molecule has 0 bridgehead atoms. The summed E-state index contributed by atoms with van der Waals surface area (Å²) in [7, 11) is 1.70. The molecule has 0 radical (unpaired) electrons. The summed E-state index contributed by atoms with van der Waals surface area (Å²) in [5.74, 6) is 1.39. The lowest BCUT2D eigenvalue weighted by atomic mass is 9.91. The molecule has 2 atom stereocenters. The molecule has 1 aromatic carbocycles. The molecule has 1 rings (SSSR count). The molecule has 0 heterocycles. The molecular formula is C15H22BrClO. The molecule has 0 N–H and O–H groups in total. The summed E-state index contributed by atoms with van der Waals surface area (Å²) in [5.41, 5.74) is 1.09. The first kappa shape index (κ1) is 15.8. The van der Waals surface area contributed by atoms with Crippen molar-refractivity contribution in [2.75, 3.05) is 7.11 Å². The van der Waals surface area contributed by atoms with E-state index in [0.29, 0.717) is 5.92 Å². The second-order valence-electron chi connectivity index (χ2n) is 4.60. The zero-order valence-electron chi connectivity index (χ0n) is 11.4. The average molecular weight is 334 g/mol. The molecule has 1 aromatic rings. The number of rotatable bonds is 7. The van der Waals surface area contributed by atoms with Crippen LogP contribution in [0.2, 0.25) is 0 Å². The largest absolute Gasteiger partial charge is 0.496 e. The Morgan fingerprint density at radius 2 is 2.06 bits per heavy atom. The highest BCUT2D eigenvalue weighted by Crippen LogP contribution is 2.40. The van der Waals surface area contributed by atoms with E-state index in [4.69, 9.17) is 16.3 Å². The normalized spacial score (nSPS) is 14.3. The van der Waals surface area contributed by atoms with Gasteiger partial charge >= 0.3 is 0 Å². The first-order valence-electron chi connectivity index (χ1n) is 6.61. The van der Waals surface area contributed by atoms with Gasteiger partial charge in [-0.2, -0.15) is 0 Å². The Labute approximate surface area is 124 Å². The first-order chi connectivity index (χ1) is 8.63. The van der Waals surface area contributed by atoms with Crippen LogP contribution in [0.3, 0.4) is 0 Å². The Morgan fingerprint density at radius 1 is 1.33 bits per heavy atom. The third kappa shape index (κ3) is 4.17. The number of halogens is 2. The third-order valence-corrected chi connectivity index (χ3v) is 4.44. The molecule has 0 fully saturated rings. The molecule has 0 saturated carbocycles. The lowest BCUT2D eigenvalue weighted by molar-refractivity contribution is 0.391. The van der Waals surface area contributed by atoms with Gasteiger partial charge in [0.25, 0.3) is 0 Å². The van der Waals surface area contributed by atoms with Crippen molar-refractivity contribution in [1.29, 1.82) is 0 Å². The van der Waals surface area contributed by atoms with Crippen LogP contribution in [0, 0.1) is 5.92 Å². The van der Waals surface area contributed by atoms with Gasteiger partial charge in [0.15, 0.2) is 0 Å². The van der Waals surface area contributed by atoms with Crippen molar-refractivity contribution in [1.82, 2.24) is 0 Å². The minimum atomic E-state index is 0.0222. The quantitative estimate of drug-likeness (QED) is 0.560. The van der Waals surface area contributed by atoms with Crippen molar-refractivity contribution in [2.24, 2.45) is 5.92 Å². The summed E-state index contributed by atoms with van der Waals surface area (Å²) >= 11 is 10.2. The van der Waals surface area contributed by atoms with Crippen LogP contribution in [0.4, 0.5) is 0 Å². The number of hydrogen-bond acceptors (Lipinski definition) is 1. The van der Waals surface area contributed by atoms with E-state index >= 15 is 0 Å². The van der Waals surface area contributed by atoms with E-state index in [0.717, 1.165) is 22.2 Å². The topological polar surface area (TPSA) is 9.23 Å². The lowest BCUT2D eigenvalue weighted by Gasteiger charge is -2.23. The van der Waals surface area contributed by atoms with Crippen molar-refractivity contribution in [3.05, 3.63) is 28.2 Å². The van der Waals surface area contributed by atoms with E-state index < -0.39 is 0 Å². The third-order valence-electron chi connectivity index (χ3n) is 3.36. The summed E-state index contributed by atoms with van der Waals surface area (Å²) in [6, 6.07) is 6.03. The summed E-state index contributed by atoms with van der Waals surface area (Å²) in [6.07, 6.45) is 4.73. The Bertz CT molecular complexity index is 368. The molecule has 3 heteroatoms. The van der Waals surface area contributed by atoms with Gasteiger partial charge in [-0.05, 0) is 30.5 Å². The van der Waals surface area contributed by atoms with Crippen LogP contribution >= 0.6 is 27.5 Å². The maximum absolute atomic E-state index is 6.66. The first-order valence-corrected chi connectivity index (χ1v) is 7.84. The fourth-order valence-corrected chi connectivity index (χ4v) is 3.05. The highest BCUT2D eigenvalue weighted by Gasteiger charge is 2.22. The molecule has 1 nitrogen and oxygen atoms in total. The van der Waals surface area contributed by atoms with Gasteiger partial charge in [0.05, 0.1) is 12.5 Å². The van der Waals surface area contributed by atoms with Crippen LogP contribution in [0.25, 0.3) is 0 Å². The van der Waals surface area contributed by atoms with E-state index in [1.807, 2.05) is 12.1 Å². The van der Waals surface area contributed by atoms with E-state index in [9.17, 15) is 0 Å². The van der Waals surface area contributed by atoms with Crippen molar-refractivity contribution >= 4 is 27.5 Å². The van der Waals surface area contributed by atoms with Gasteiger partial charge in [0.1, 0.15) is 5.75 Å². The minimum absolute atomic E-state index is 0.0222. The van der Waals surface area contributed by atoms with Crippen LogP contribution in [0.1, 0.15) is 50.5 Å². The van der Waals surface area contributed by atoms with Crippen molar-refractivity contribution in [3.63, 3.8) is 0 Å². The molecule has 18 heavy (non-hydrogen) atoms. The SMILES string of the molecule is CCCCC(CC)C(Cl)c1cc(Br)ccc1OC. The van der Waals surface area contributed by atoms with Crippen LogP contribution in [-0.4, -0.2) is 7.11 Å². The monoisotopic (exact) mass is 332 g/mol. The van der Waals surface area contributed by atoms with Gasteiger partial charge in [-0.25, -0.2) is 0 Å². The molecule has 0 spiro atoms. The van der Waals surface area contributed by atoms with Gasteiger partial charge in [0.2, 0.25) is 0 Å². The van der Waals surface area contributed by atoms with Gasteiger partial charge in [0, 0.05) is 10.0 Å². The molecule has 0 amide bonds. The summed E-state index contributed by atoms with van der Waals surface area (Å²) in [6.45, 7) is 4.43. The van der Waals surface area contributed by atoms with Crippen molar-refractivity contribution in [3.8, 4) is 5.75 Å². The van der Waals surface area contributed by atoms with Gasteiger partial charge in [-0.15, -0.1) is 11.6 Å². The number of ether oxygens (including phenoxy) is 1. The highest BCUT2D eigenvalue weighted by atomic mass is 79.9. The lowest BCUT2D eigenvalue weighted by Crippen LogP contribution is -2.08. The minimum Gasteiger partial charge on any atom is -0.496 e. The number of methoxy groups -OCH3 is 1. The van der Waals surface area contributed by atoms with Crippen molar-refractivity contribution < 1.29 is 4.74 Å². The summed E-state index contributed by atoms with van der Waals surface area (Å²) in [5, 5.41) is 0.0222. The van der Waals surface area contributed by atoms with Crippen LogP contribution < -0.4 is 4.74 Å². The Kier molecular flexibility index (Phi) is 7.10. The van der Waals surface area contributed by atoms with Crippen molar-refractivity contribution in [2.45, 2.75) is 44.9 Å². The fourth-order valence-electron chi connectivity index (χ4n) is 2.20. The second kappa shape index (κ2) is 8.06. The molecule has 0 aliphatic carbocycles. The van der Waals surface area contributed by atoms with Crippen LogP contribution in [0.15, 0.2) is 22.7 Å². The zero-order chi connectivity index (χ0) is 13.5. The summed E-state index contributed by atoms with van der Waals surface area (Å²) in [4.78, 5) is 0. The predicted molar refractivity (Wildman–Crippen MR) is 82.6 cm³/mol. The van der Waals surface area contributed by atoms with E-state index in [2.05, 4.69) is 35.8 Å². The molecule has 0 saturated heterocycles. The van der Waals surface area contributed by atoms with E-state index in [1.54, 1.807) is 7.11 Å². The Hall–Kier alpha value is -0.210. The fraction of sp³-hybridized carbons (Fsp3) is 0.600. The highest BCUT2D eigenvalue weighted by molar-refractivity contribution is 9.10. The standard InChI is InChI=1S/C15H22BrClO/c1-4-6-7-11(5-2)15(17)13-10-12(16)8-9-14(13)18-3/h8-11,15H,4-7H2,1-3H3. The molecule has 0 aromatic heterocycles. The smallest absolute Gasteiger partial charge is 0.123 e. The number of unbranched alkanes of at least 4 members (excludes halogenated alkanes) is 1. The molecule has 2 unspecified atom stereocenters. The number of alkyl halides is 1. The number of hydrogen-bond donors (Lipinski definition) is 0. The van der Waals surface area contributed by atoms with Gasteiger partial charge in [-0.1, -0.05) is 49.0 Å². The maximum atomic E-state index is 6.66. The van der Waals surface area contributed by atoms with Crippen LogP contribution in [-0.2, 0) is 0 Å². The van der Waals surface area contributed by atoms with Gasteiger partial charge in [-0.3, -0.25) is 0 Å². The average Bonchev–Trinajstić information content (AvgIpc) is 2.39. The molecular weight excluding hydrogens is 312 g/mol. The zero-order valence-corrected chi connectivity index (χ0v) is 13.7. The Morgan fingerprint density at radius 3 is 2.61 bits per heavy atom. The Balaban J connectivity index is 2.92. The second-order valence-corrected chi connectivity index (χ2v) is 5.98. The van der Waals surface area contributed by atoms with E-state index in [1.165, 1.54) is 19.3 Å². The number of benzene rings is 1. The predicted octanol–water partition coefficient (Wildman–Crippen LogP) is 5.95. The van der Waals surface area contributed by atoms with Crippen LogP contribution in [0.5, 0.6) is 5.75 Å². The van der Waals surface area contributed by atoms with E-state index in [-0.39, 0.29) is 5.38 Å². The molecule has 0 aliphatic heterocycles. The summed E-state index contributed by atoms with van der Waals surface area (Å²) < 4.78 is 6.47. The molecule has 102 valence electrons. The maximum Gasteiger partial charge on any atom is 0.123 e.